The van der Waals surface area contributed by atoms with Gasteiger partial charge in [0.15, 0.2) is 0 Å². The first-order valence-electron chi connectivity index (χ1n) is 7.01. The van der Waals surface area contributed by atoms with Crippen LogP contribution in [0.3, 0.4) is 0 Å². The van der Waals surface area contributed by atoms with Gasteiger partial charge in [0.1, 0.15) is 0 Å². The Bertz CT molecular complexity index is 524. The maximum atomic E-state index is 4.67. The molecule has 2 aromatic rings. The van der Waals surface area contributed by atoms with E-state index in [9.17, 15) is 0 Å². The largest absolute Gasteiger partial charge is 0.372 e. The highest BCUT2D eigenvalue weighted by molar-refractivity contribution is 7.12. The predicted octanol–water partition coefficient (Wildman–Crippen LogP) is 4.53. The second-order valence-electron chi connectivity index (χ2n) is 4.58. The van der Waals surface area contributed by atoms with Gasteiger partial charge >= 0.3 is 0 Å². The number of hydrogen-bond acceptors (Lipinski definition) is 3. The minimum atomic E-state index is 1.05. The van der Waals surface area contributed by atoms with Crippen LogP contribution in [0, 0.1) is 6.92 Å². The molecule has 0 amide bonds. The van der Waals surface area contributed by atoms with Gasteiger partial charge in [0.2, 0.25) is 0 Å². The zero-order chi connectivity index (χ0) is 13.8. The summed E-state index contributed by atoms with van der Waals surface area (Å²) < 4.78 is 0. The maximum Gasteiger partial charge on any atom is 0.0904 e. The van der Waals surface area contributed by atoms with Gasteiger partial charge in [-0.05, 0) is 39.3 Å². The van der Waals surface area contributed by atoms with Crippen molar-refractivity contribution in [2.75, 3.05) is 18.0 Å². The molecule has 1 heterocycles. The Labute approximate surface area is 120 Å². The van der Waals surface area contributed by atoms with Crippen LogP contribution >= 0.6 is 11.3 Å². The number of hydrogen-bond donors (Lipinski definition) is 0. The van der Waals surface area contributed by atoms with Crippen LogP contribution in [-0.2, 0) is 6.42 Å². The molecule has 19 heavy (non-hydrogen) atoms. The minimum absolute atomic E-state index is 1.05. The van der Waals surface area contributed by atoms with Crippen molar-refractivity contribution in [2.45, 2.75) is 34.1 Å². The number of aryl methyl sites for hydroxylation is 2. The van der Waals surface area contributed by atoms with E-state index < -0.39 is 0 Å². The van der Waals surface area contributed by atoms with Crippen LogP contribution < -0.4 is 4.90 Å². The second-order valence-corrected chi connectivity index (χ2v) is 5.87. The first-order valence-corrected chi connectivity index (χ1v) is 7.82. The van der Waals surface area contributed by atoms with Gasteiger partial charge in [-0.2, -0.15) is 0 Å². The van der Waals surface area contributed by atoms with Crippen LogP contribution in [0.25, 0.3) is 11.3 Å². The highest BCUT2D eigenvalue weighted by atomic mass is 32.1. The molecule has 3 heteroatoms. The van der Waals surface area contributed by atoms with Crippen LogP contribution in [0.4, 0.5) is 5.69 Å². The molecule has 2 nitrogen and oxygen atoms in total. The molecule has 0 aliphatic carbocycles. The van der Waals surface area contributed by atoms with E-state index in [0.717, 1.165) is 30.2 Å². The molecule has 0 saturated carbocycles. The summed E-state index contributed by atoms with van der Waals surface area (Å²) in [7, 11) is 0. The summed E-state index contributed by atoms with van der Waals surface area (Å²) in [5.74, 6) is 0. The fourth-order valence-corrected chi connectivity index (χ4v) is 3.25. The Balaban J connectivity index is 2.31. The topological polar surface area (TPSA) is 16.1 Å². The zero-order valence-electron chi connectivity index (χ0n) is 12.2. The summed E-state index contributed by atoms with van der Waals surface area (Å²) >= 11 is 1.81. The van der Waals surface area contributed by atoms with Crippen LogP contribution in [0.1, 0.15) is 30.7 Å². The maximum absolute atomic E-state index is 4.67. The van der Waals surface area contributed by atoms with E-state index in [1.807, 2.05) is 11.3 Å². The van der Waals surface area contributed by atoms with E-state index in [2.05, 4.69) is 61.8 Å². The van der Waals surface area contributed by atoms with Crippen molar-refractivity contribution in [1.82, 2.24) is 4.98 Å². The van der Waals surface area contributed by atoms with E-state index in [4.69, 9.17) is 0 Å². The molecule has 0 aliphatic rings. The van der Waals surface area contributed by atoms with Crippen molar-refractivity contribution in [3.05, 3.63) is 34.2 Å². The van der Waals surface area contributed by atoms with Gasteiger partial charge in [-0.15, -0.1) is 11.3 Å². The summed E-state index contributed by atoms with van der Waals surface area (Å²) in [5.41, 5.74) is 3.69. The monoisotopic (exact) mass is 274 g/mol. The van der Waals surface area contributed by atoms with Crippen LogP contribution in [0.2, 0.25) is 0 Å². The number of aromatic nitrogens is 1. The number of anilines is 1. The Kier molecular flexibility index (Phi) is 4.59. The van der Waals surface area contributed by atoms with Gasteiger partial charge in [0.05, 0.1) is 10.7 Å². The quantitative estimate of drug-likeness (QED) is 0.796. The van der Waals surface area contributed by atoms with Gasteiger partial charge in [0.25, 0.3) is 0 Å². The van der Waals surface area contributed by atoms with Gasteiger partial charge in [0, 0.05) is 29.2 Å². The molecule has 1 aromatic heterocycles. The molecule has 0 saturated heterocycles. The lowest BCUT2D eigenvalue weighted by molar-refractivity contribution is 0.866. The molecule has 1 aromatic carbocycles. The van der Waals surface area contributed by atoms with Crippen LogP contribution in [0.15, 0.2) is 24.3 Å². The fourth-order valence-electron chi connectivity index (χ4n) is 2.35. The minimum Gasteiger partial charge on any atom is -0.372 e. The Morgan fingerprint density at radius 2 is 1.68 bits per heavy atom. The predicted molar refractivity (Wildman–Crippen MR) is 85.2 cm³/mol. The Morgan fingerprint density at radius 1 is 1.05 bits per heavy atom. The van der Waals surface area contributed by atoms with Crippen molar-refractivity contribution in [3.8, 4) is 11.3 Å². The summed E-state index contributed by atoms with van der Waals surface area (Å²) in [6.07, 6.45) is 1.05. The van der Waals surface area contributed by atoms with Crippen molar-refractivity contribution >= 4 is 17.0 Å². The number of thiazole rings is 1. The lowest BCUT2D eigenvalue weighted by Crippen LogP contribution is -2.21. The van der Waals surface area contributed by atoms with Gasteiger partial charge in [-0.3, -0.25) is 0 Å². The summed E-state index contributed by atoms with van der Waals surface area (Å²) in [6, 6.07) is 8.80. The van der Waals surface area contributed by atoms with E-state index in [1.165, 1.54) is 16.1 Å². The molecule has 0 radical (unpaired) electrons. The second kappa shape index (κ2) is 6.20. The third-order valence-electron chi connectivity index (χ3n) is 3.39. The SMILES string of the molecule is CCc1sc(C)nc1-c1ccc(N(CC)CC)cc1. The number of rotatable bonds is 5. The highest BCUT2D eigenvalue weighted by Gasteiger charge is 2.10. The molecule has 0 bridgehead atoms. The number of nitrogens with zero attached hydrogens (tertiary/aromatic N) is 2. The van der Waals surface area contributed by atoms with Crippen molar-refractivity contribution < 1.29 is 0 Å². The number of benzene rings is 1. The van der Waals surface area contributed by atoms with Gasteiger partial charge in [-0.1, -0.05) is 19.1 Å². The highest BCUT2D eigenvalue weighted by Crippen LogP contribution is 2.29. The fraction of sp³-hybridized carbons (Fsp3) is 0.438. The third kappa shape index (κ3) is 2.98. The molecular weight excluding hydrogens is 252 g/mol. The van der Waals surface area contributed by atoms with Crippen molar-refractivity contribution in [3.63, 3.8) is 0 Å². The van der Waals surface area contributed by atoms with Gasteiger partial charge < -0.3 is 4.90 Å². The Morgan fingerprint density at radius 3 is 2.21 bits per heavy atom. The molecule has 0 unspecified atom stereocenters. The zero-order valence-corrected chi connectivity index (χ0v) is 13.0. The van der Waals surface area contributed by atoms with Crippen molar-refractivity contribution in [1.29, 1.82) is 0 Å². The average molecular weight is 274 g/mol. The molecule has 0 spiro atoms. The molecule has 0 fully saturated rings. The molecule has 102 valence electrons. The molecule has 2 rings (SSSR count). The first-order chi connectivity index (χ1) is 9.19. The van der Waals surface area contributed by atoms with E-state index in [0.29, 0.717) is 0 Å². The van der Waals surface area contributed by atoms with E-state index in [-0.39, 0.29) is 0 Å². The third-order valence-corrected chi connectivity index (χ3v) is 4.51. The van der Waals surface area contributed by atoms with Gasteiger partial charge in [-0.25, -0.2) is 4.98 Å². The first kappa shape index (κ1) is 14.1. The smallest absolute Gasteiger partial charge is 0.0904 e. The average Bonchev–Trinajstić information content (AvgIpc) is 2.82. The summed E-state index contributed by atoms with van der Waals surface area (Å²) in [5, 5.41) is 1.15. The molecule has 0 aliphatic heterocycles. The van der Waals surface area contributed by atoms with E-state index >= 15 is 0 Å². The van der Waals surface area contributed by atoms with E-state index in [1.54, 1.807) is 0 Å². The van der Waals surface area contributed by atoms with Crippen molar-refractivity contribution in [2.24, 2.45) is 0 Å². The summed E-state index contributed by atoms with van der Waals surface area (Å²) in [6.45, 7) is 10.8. The Hall–Kier alpha value is -1.35. The lowest BCUT2D eigenvalue weighted by atomic mass is 10.1. The summed E-state index contributed by atoms with van der Waals surface area (Å²) in [4.78, 5) is 8.41. The molecular formula is C16H22N2S. The molecule has 0 atom stereocenters. The standard InChI is InChI=1S/C16H22N2S/c1-5-15-16(17-12(4)19-15)13-8-10-14(11-9-13)18(6-2)7-3/h8-11H,5-7H2,1-4H3. The molecule has 0 N–H and O–H groups in total. The van der Waals surface area contributed by atoms with Crippen LogP contribution in [-0.4, -0.2) is 18.1 Å². The lowest BCUT2D eigenvalue weighted by Gasteiger charge is -2.21. The van der Waals surface area contributed by atoms with Crippen LogP contribution in [0.5, 0.6) is 0 Å². The normalized spacial score (nSPS) is 10.7.